The topological polar surface area (TPSA) is 69.0 Å². The summed E-state index contributed by atoms with van der Waals surface area (Å²) in [6, 6.07) is 24.0. The van der Waals surface area contributed by atoms with Crippen molar-refractivity contribution in [2.45, 2.75) is 32.0 Å². The Kier molecular flexibility index (Phi) is 7.65. The first-order valence-electron chi connectivity index (χ1n) is 11.2. The van der Waals surface area contributed by atoms with Crippen LogP contribution in [0.15, 0.2) is 78.0 Å². The van der Waals surface area contributed by atoms with Gasteiger partial charge in [0.1, 0.15) is 5.75 Å². The van der Waals surface area contributed by atoms with E-state index in [0.717, 1.165) is 40.4 Å². The highest BCUT2D eigenvalue weighted by Crippen LogP contribution is 2.31. The minimum Gasteiger partial charge on any atom is -0.496 e. The second kappa shape index (κ2) is 11.0. The molecule has 6 nitrogen and oxygen atoms in total. The van der Waals surface area contributed by atoms with Gasteiger partial charge in [-0.05, 0) is 55.2 Å². The fourth-order valence-electron chi connectivity index (χ4n) is 3.71. The zero-order valence-corrected chi connectivity index (χ0v) is 20.4. The number of para-hydroxylation sites is 1. The lowest BCUT2D eigenvalue weighted by Crippen LogP contribution is -2.16. The van der Waals surface area contributed by atoms with Gasteiger partial charge in [0.25, 0.3) is 0 Å². The number of thioether (sulfide) groups is 1. The van der Waals surface area contributed by atoms with E-state index in [0.29, 0.717) is 11.7 Å². The van der Waals surface area contributed by atoms with Gasteiger partial charge in [0, 0.05) is 12.2 Å². The Balaban J connectivity index is 1.55. The summed E-state index contributed by atoms with van der Waals surface area (Å²) in [5, 5.41) is 12.6. The van der Waals surface area contributed by atoms with E-state index in [1.165, 1.54) is 17.3 Å². The van der Waals surface area contributed by atoms with Crippen LogP contribution >= 0.6 is 11.8 Å². The molecule has 0 fully saturated rings. The Bertz CT molecular complexity index is 1270. The molecule has 0 bridgehead atoms. The third-order valence-corrected chi connectivity index (χ3v) is 6.71. The lowest BCUT2D eigenvalue weighted by atomic mass is 10.1. The van der Waals surface area contributed by atoms with Crippen molar-refractivity contribution in [3.63, 3.8) is 0 Å². The van der Waals surface area contributed by atoms with Crippen LogP contribution in [0.5, 0.6) is 5.75 Å². The molecule has 0 aliphatic rings. The maximum absolute atomic E-state index is 12.7. The van der Waals surface area contributed by atoms with Crippen molar-refractivity contribution in [1.29, 1.82) is 0 Å². The molecule has 0 saturated heterocycles. The van der Waals surface area contributed by atoms with Gasteiger partial charge in [-0.2, -0.15) is 0 Å². The number of benzene rings is 3. The summed E-state index contributed by atoms with van der Waals surface area (Å²) >= 11 is 1.39. The van der Waals surface area contributed by atoms with Crippen LogP contribution in [0, 0.1) is 13.8 Å². The van der Waals surface area contributed by atoms with Crippen molar-refractivity contribution in [2.24, 2.45) is 0 Å². The number of hydrogen-bond acceptors (Lipinski definition) is 5. The fourth-order valence-corrected chi connectivity index (χ4v) is 4.48. The molecule has 1 amide bonds. The SMILES string of the molecule is COc1ccccc1-c1nnc(SCC(=O)Nc2cccc(C)c2C)n1CCc1ccccc1. The number of aromatic nitrogens is 3. The number of ether oxygens (including phenoxy) is 1. The summed E-state index contributed by atoms with van der Waals surface area (Å²) in [5.74, 6) is 1.63. The number of amides is 1. The van der Waals surface area contributed by atoms with Crippen molar-refractivity contribution in [3.8, 4) is 17.1 Å². The third-order valence-electron chi connectivity index (χ3n) is 5.74. The summed E-state index contributed by atoms with van der Waals surface area (Å²) in [4.78, 5) is 12.7. The second-order valence-corrected chi connectivity index (χ2v) is 8.92. The standard InChI is InChI=1S/C27H28N4O2S/c1-19-10-9-14-23(20(19)2)28-25(32)18-34-27-30-29-26(22-13-7-8-15-24(22)33-3)31(27)17-16-21-11-5-4-6-12-21/h4-15H,16-18H2,1-3H3,(H,28,32). The molecule has 0 atom stereocenters. The van der Waals surface area contributed by atoms with E-state index in [9.17, 15) is 4.79 Å². The predicted molar refractivity (Wildman–Crippen MR) is 137 cm³/mol. The van der Waals surface area contributed by atoms with Crippen LogP contribution in [0.1, 0.15) is 16.7 Å². The number of aryl methyl sites for hydroxylation is 2. The highest BCUT2D eigenvalue weighted by molar-refractivity contribution is 7.99. The van der Waals surface area contributed by atoms with Crippen LogP contribution in [0.2, 0.25) is 0 Å². The van der Waals surface area contributed by atoms with E-state index in [1.807, 2.05) is 74.5 Å². The lowest BCUT2D eigenvalue weighted by molar-refractivity contribution is -0.113. The fraction of sp³-hybridized carbons (Fsp3) is 0.222. The van der Waals surface area contributed by atoms with Crippen LogP contribution in [0.3, 0.4) is 0 Å². The first kappa shape index (κ1) is 23.6. The summed E-state index contributed by atoms with van der Waals surface area (Å²) in [6.07, 6.45) is 0.823. The molecular formula is C27H28N4O2S. The predicted octanol–water partition coefficient (Wildman–Crippen LogP) is 5.54. The molecule has 0 aliphatic carbocycles. The molecule has 1 N–H and O–H groups in total. The van der Waals surface area contributed by atoms with E-state index in [-0.39, 0.29) is 11.7 Å². The average molecular weight is 473 g/mol. The first-order chi connectivity index (χ1) is 16.6. The number of nitrogens with one attached hydrogen (secondary N) is 1. The number of carbonyl (C=O) groups excluding carboxylic acids is 1. The zero-order chi connectivity index (χ0) is 23.9. The van der Waals surface area contributed by atoms with Crippen molar-refractivity contribution in [1.82, 2.24) is 14.8 Å². The van der Waals surface area contributed by atoms with Crippen molar-refractivity contribution in [2.75, 3.05) is 18.2 Å². The molecule has 0 saturated carbocycles. The maximum Gasteiger partial charge on any atom is 0.234 e. The Morgan fingerprint density at radius 2 is 1.74 bits per heavy atom. The van der Waals surface area contributed by atoms with Crippen LogP contribution in [-0.4, -0.2) is 33.5 Å². The van der Waals surface area contributed by atoms with Gasteiger partial charge >= 0.3 is 0 Å². The van der Waals surface area contributed by atoms with Gasteiger partial charge in [0.2, 0.25) is 5.91 Å². The molecule has 0 aliphatic heterocycles. The van der Waals surface area contributed by atoms with Gasteiger partial charge in [0.05, 0.1) is 18.4 Å². The van der Waals surface area contributed by atoms with Gasteiger partial charge in [-0.25, -0.2) is 0 Å². The van der Waals surface area contributed by atoms with E-state index in [1.54, 1.807) is 7.11 Å². The molecule has 7 heteroatoms. The van der Waals surface area contributed by atoms with E-state index in [4.69, 9.17) is 4.74 Å². The van der Waals surface area contributed by atoms with Crippen molar-refractivity contribution >= 4 is 23.4 Å². The smallest absolute Gasteiger partial charge is 0.234 e. The van der Waals surface area contributed by atoms with Crippen LogP contribution < -0.4 is 10.1 Å². The van der Waals surface area contributed by atoms with Crippen LogP contribution in [0.25, 0.3) is 11.4 Å². The van der Waals surface area contributed by atoms with Gasteiger partial charge in [-0.3, -0.25) is 4.79 Å². The lowest BCUT2D eigenvalue weighted by Gasteiger charge is -2.13. The molecule has 34 heavy (non-hydrogen) atoms. The van der Waals surface area contributed by atoms with Crippen molar-refractivity contribution in [3.05, 3.63) is 89.5 Å². The summed E-state index contributed by atoms with van der Waals surface area (Å²) in [5.41, 5.74) is 5.16. The minimum absolute atomic E-state index is 0.0739. The Hall–Kier alpha value is -3.58. The normalized spacial score (nSPS) is 10.8. The number of anilines is 1. The summed E-state index contributed by atoms with van der Waals surface area (Å²) < 4.78 is 7.63. The first-order valence-corrected chi connectivity index (χ1v) is 12.1. The molecule has 174 valence electrons. The van der Waals surface area contributed by atoms with Crippen molar-refractivity contribution < 1.29 is 9.53 Å². The number of carbonyl (C=O) groups is 1. The molecule has 1 aromatic heterocycles. The number of rotatable bonds is 9. The average Bonchev–Trinajstić information content (AvgIpc) is 3.27. The largest absolute Gasteiger partial charge is 0.496 e. The number of hydrogen-bond donors (Lipinski definition) is 1. The number of methoxy groups -OCH3 is 1. The summed E-state index contributed by atoms with van der Waals surface area (Å²) in [6.45, 7) is 4.73. The third kappa shape index (κ3) is 5.48. The van der Waals surface area contributed by atoms with Gasteiger partial charge < -0.3 is 14.6 Å². The molecule has 0 unspecified atom stereocenters. The zero-order valence-electron chi connectivity index (χ0n) is 19.6. The van der Waals surface area contributed by atoms with E-state index >= 15 is 0 Å². The molecular weight excluding hydrogens is 444 g/mol. The second-order valence-electron chi connectivity index (χ2n) is 7.98. The summed E-state index contributed by atoms with van der Waals surface area (Å²) in [7, 11) is 1.65. The molecule has 4 rings (SSSR count). The highest BCUT2D eigenvalue weighted by atomic mass is 32.2. The molecule has 0 spiro atoms. The molecule has 0 radical (unpaired) electrons. The Labute approximate surface area is 204 Å². The molecule has 1 heterocycles. The number of nitrogens with zero attached hydrogens (tertiary/aromatic N) is 3. The Morgan fingerprint density at radius 1 is 0.971 bits per heavy atom. The highest BCUT2D eigenvalue weighted by Gasteiger charge is 2.18. The van der Waals surface area contributed by atoms with Crippen LogP contribution in [-0.2, 0) is 17.8 Å². The molecule has 3 aromatic carbocycles. The van der Waals surface area contributed by atoms with E-state index in [2.05, 4.69) is 32.2 Å². The van der Waals surface area contributed by atoms with E-state index < -0.39 is 0 Å². The monoisotopic (exact) mass is 472 g/mol. The molecule has 4 aromatic rings. The Morgan fingerprint density at radius 3 is 2.53 bits per heavy atom. The van der Waals surface area contributed by atoms with Crippen LogP contribution in [0.4, 0.5) is 5.69 Å². The van der Waals surface area contributed by atoms with Gasteiger partial charge in [-0.1, -0.05) is 66.4 Å². The van der Waals surface area contributed by atoms with Gasteiger partial charge in [0.15, 0.2) is 11.0 Å². The quantitative estimate of drug-likeness (QED) is 0.324. The van der Waals surface area contributed by atoms with Gasteiger partial charge in [-0.15, -0.1) is 10.2 Å². The minimum atomic E-state index is -0.0739. The maximum atomic E-state index is 12.7.